The number of carbonyl (C=O) groups is 2. The predicted molar refractivity (Wildman–Crippen MR) is 125 cm³/mol. The Morgan fingerprint density at radius 2 is 1.69 bits per heavy atom. The van der Waals surface area contributed by atoms with Crippen LogP contribution in [0.2, 0.25) is 0 Å². The highest BCUT2D eigenvalue weighted by molar-refractivity contribution is 7.89. The van der Waals surface area contributed by atoms with Gasteiger partial charge in [0.2, 0.25) is 21.8 Å². The Bertz CT molecular complexity index is 1030. The number of hydrogen-bond donors (Lipinski definition) is 1. The number of hydrogen-bond acceptors (Lipinski definition) is 4. The molecule has 2 aromatic rings. The lowest BCUT2D eigenvalue weighted by Crippen LogP contribution is -2.46. The van der Waals surface area contributed by atoms with E-state index in [1.807, 2.05) is 43.8 Å². The third-order valence-electron chi connectivity index (χ3n) is 4.99. The fourth-order valence-electron chi connectivity index (χ4n) is 3.38. The maximum absolute atomic E-state index is 13.3. The van der Waals surface area contributed by atoms with E-state index in [-0.39, 0.29) is 29.2 Å². The average Bonchev–Trinajstić information content (AvgIpc) is 3.09. The minimum Gasteiger partial charge on any atom is -0.353 e. The van der Waals surface area contributed by atoms with Crippen molar-refractivity contribution in [2.24, 2.45) is 13.0 Å². The van der Waals surface area contributed by atoms with Gasteiger partial charge in [0, 0.05) is 44.1 Å². The van der Waals surface area contributed by atoms with E-state index in [1.165, 1.54) is 35.5 Å². The van der Waals surface area contributed by atoms with E-state index in [1.54, 1.807) is 18.7 Å². The number of benzene rings is 1. The maximum Gasteiger partial charge on any atom is 0.243 e. The Morgan fingerprint density at radius 3 is 2.16 bits per heavy atom. The van der Waals surface area contributed by atoms with Crippen molar-refractivity contribution in [2.75, 3.05) is 18.4 Å². The van der Waals surface area contributed by atoms with Gasteiger partial charge in [0.15, 0.2) is 0 Å². The molecule has 0 aliphatic carbocycles. The molecule has 0 spiro atoms. The highest BCUT2D eigenvalue weighted by Crippen LogP contribution is 2.21. The topological polar surface area (TPSA) is 91.7 Å². The molecule has 9 heteroatoms. The lowest BCUT2D eigenvalue weighted by atomic mass is 10.2. The van der Waals surface area contributed by atoms with Gasteiger partial charge >= 0.3 is 0 Å². The van der Waals surface area contributed by atoms with Crippen molar-refractivity contribution < 1.29 is 18.0 Å². The van der Waals surface area contributed by atoms with Crippen LogP contribution >= 0.6 is 0 Å². The highest BCUT2D eigenvalue weighted by atomic mass is 32.2. The van der Waals surface area contributed by atoms with Gasteiger partial charge in [-0.15, -0.1) is 0 Å². The second kappa shape index (κ2) is 10.8. The second-order valence-electron chi connectivity index (χ2n) is 8.63. The Labute approximate surface area is 191 Å². The van der Waals surface area contributed by atoms with Gasteiger partial charge in [-0.2, -0.15) is 4.31 Å². The summed E-state index contributed by atoms with van der Waals surface area (Å²) in [4.78, 5) is 26.2. The Hall–Kier alpha value is -2.65. The van der Waals surface area contributed by atoms with Gasteiger partial charge in [0.05, 0.1) is 18.0 Å². The predicted octanol–water partition coefficient (Wildman–Crippen LogP) is 3.07. The Balaban J connectivity index is 2.26. The fraction of sp³-hybridized carbons (Fsp3) is 0.478. The number of amides is 2. The maximum atomic E-state index is 13.3. The van der Waals surface area contributed by atoms with E-state index in [0.29, 0.717) is 18.8 Å². The van der Waals surface area contributed by atoms with Crippen molar-refractivity contribution >= 4 is 27.5 Å². The summed E-state index contributed by atoms with van der Waals surface area (Å²) in [7, 11) is -1.99. The molecule has 1 aromatic heterocycles. The third-order valence-corrected chi connectivity index (χ3v) is 7.03. The van der Waals surface area contributed by atoms with Crippen LogP contribution in [0, 0.1) is 5.92 Å². The normalized spacial score (nSPS) is 11.9. The lowest BCUT2D eigenvalue weighted by molar-refractivity contribution is -0.133. The molecule has 8 nitrogen and oxygen atoms in total. The monoisotopic (exact) mass is 462 g/mol. The van der Waals surface area contributed by atoms with Crippen LogP contribution in [0.5, 0.6) is 0 Å². The zero-order chi connectivity index (χ0) is 24.1. The van der Waals surface area contributed by atoms with Crippen LogP contribution < -0.4 is 5.32 Å². The van der Waals surface area contributed by atoms with Crippen molar-refractivity contribution in [3.63, 3.8) is 0 Å². The highest BCUT2D eigenvalue weighted by Gasteiger charge is 2.31. The van der Waals surface area contributed by atoms with Gasteiger partial charge in [-0.05, 0) is 56.2 Å². The van der Waals surface area contributed by atoms with E-state index in [2.05, 4.69) is 5.32 Å². The van der Waals surface area contributed by atoms with Gasteiger partial charge in [-0.1, -0.05) is 13.8 Å². The van der Waals surface area contributed by atoms with Gasteiger partial charge in [-0.25, -0.2) is 8.42 Å². The number of rotatable bonds is 10. The van der Waals surface area contributed by atoms with Crippen molar-refractivity contribution in [3.8, 4) is 0 Å². The minimum absolute atomic E-state index is 0.0750. The first-order chi connectivity index (χ1) is 14.9. The van der Waals surface area contributed by atoms with E-state index >= 15 is 0 Å². The van der Waals surface area contributed by atoms with Gasteiger partial charge in [-0.3, -0.25) is 9.59 Å². The molecule has 0 bridgehead atoms. The molecule has 1 aromatic carbocycles. The molecule has 2 rings (SSSR count). The third kappa shape index (κ3) is 6.67. The molecule has 176 valence electrons. The molecule has 0 unspecified atom stereocenters. The number of carbonyl (C=O) groups excluding carboxylic acids is 2. The minimum atomic E-state index is -3.90. The Kier molecular flexibility index (Phi) is 8.63. The van der Waals surface area contributed by atoms with Crippen LogP contribution in [0.1, 0.15) is 40.3 Å². The zero-order valence-electron chi connectivity index (χ0n) is 19.7. The molecule has 0 saturated heterocycles. The average molecular weight is 463 g/mol. The number of aryl methyl sites for hydroxylation is 1. The van der Waals surface area contributed by atoms with E-state index < -0.39 is 16.1 Å². The number of nitrogens with one attached hydrogen (secondary N) is 1. The number of sulfonamides is 1. The molecule has 0 radical (unpaired) electrons. The second-order valence-corrected chi connectivity index (χ2v) is 10.5. The van der Waals surface area contributed by atoms with Crippen molar-refractivity contribution in [1.82, 2.24) is 13.8 Å². The summed E-state index contributed by atoms with van der Waals surface area (Å²) in [5.74, 6) is -0.241. The van der Waals surface area contributed by atoms with Crippen LogP contribution in [0.3, 0.4) is 0 Å². The largest absolute Gasteiger partial charge is 0.353 e. The van der Waals surface area contributed by atoms with Gasteiger partial charge < -0.3 is 14.8 Å². The summed E-state index contributed by atoms with van der Waals surface area (Å²) >= 11 is 0. The zero-order valence-corrected chi connectivity index (χ0v) is 20.5. The first-order valence-electron chi connectivity index (χ1n) is 10.7. The molecule has 32 heavy (non-hydrogen) atoms. The van der Waals surface area contributed by atoms with Gasteiger partial charge in [0.1, 0.15) is 0 Å². The van der Waals surface area contributed by atoms with Crippen LogP contribution in [0.15, 0.2) is 47.5 Å². The smallest absolute Gasteiger partial charge is 0.243 e. The van der Waals surface area contributed by atoms with Crippen molar-refractivity contribution in [3.05, 3.63) is 48.3 Å². The first-order valence-corrected chi connectivity index (χ1v) is 12.1. The molecule has 0 aliphatic heterocycles. The van der Waals surface area contributed by atoms with Crippen LogP contribution in [-0.2, 0) is 33.2 Å². The first kappa shape index (κ1) is 25.6. The quantitative estimate of drug-likeness (QED) is 0.587. The molecule has 0 fully saturated rings. The van der Waals surface area contributed by atoms with Crippen molar-refractivity contribution in [1.29, 1.82) is 0 Å². The Morgan fingerprint density at radius 1 is 1.06 bits per heavy atom. The van der Waals surface area contributed by atoms with Crippen LogP contribution in [-0.4, -0.2) is 53.1 Å². The molecule has 1 heterocycles. The van der Waals surface area contributed by atoms with Gasteiger partial charge in [0.25, 0.3) is 0 Å². The number of anilines is 1. The summed E-state index contributed by atoms with van der Waals surface area (Å²) in [6, 6.07) is 9.42. The summed E-state index contributed by atoms with van der Waals surface area (Å²) in [5.41, 5.74) is 1.49. The fourth-order valence-corrected chi connectivity index (χ4v) is 4.97. The summed E-state index contributed by atoms with van der Waals surface area (Å²) in [6.45, 7) is 9.64. The summed E-state index contributed by atoms with van der Waals surface area (Å²) < 4.78 is 29.8. The summed E-state index contributed by atoms with van der Waals surface area (Å²) in [5, 5.41) is 2.62. The molecule has 0 atom stereocenters. The van der Waals surface area contributed by atoms with Crippen LogP contribution in [0.4, 0.5) is 5.69 Å². The molecular weight excluding hydrogens is 428 g/mol. The standard InChI is InChI=1S/C23H34N4O4S/c1-17(2)14-26(15-21-8-7-13-25(21)6)23(29)16-27(18(3)4)32(30,31)22-11-9-20(10-12-22)24-19(5)28/h7-13,17-18H,14-16H2,1-6H3,(H,24,28). The molecular formula is C23H34N4O4S. The lowest BCUT2D eigenvalue weighted by Gasteiger charge is -2.30. The number of nitrogens with zero attached hydrogens (tertiary/aromatic N) is 3. The molecule has 1 N–H and O–H groups in total. The molecule has 2 amide bonds. The van der Waals surface area contributed by atoms with E-state index in [0.717, 1.165) is 5.69 Å². The van der Waals surface area contributed by atoms with E-state index in [4.69, 9.17) is 0 Å². The summed E-state index contributed by atoms with van der Waals surface area (Å²) in [6.07, 6.45) is 1.92. The van der Waals surface area contributed by atoms with E-state index in [9.17, 15) is 18.0 Å². The number of aromatic nitrogens is 1. The van der Waals surface area contributed by atoms with Crippen molar-refractivity contribution in [2.45, 2.75) is 52.1 Å². The molecule has 0 saturated carbocycles. The SMILES string of the molecule is CC(=O)Nc1ccc(S(=O)(=O)N(CC(=O)N(Cc2cccn2C)CC(C)C)C(C)C)cc1. The van der Waals surface area contributed by atoms with Crippen LogP contribution in [0.25, 0.3) is 0 Å². The molecule has 0 aliphatic rings.